The van der Waals surface area contributed by atoms with Crippen molar-refractivity contribution in [3.05, 3.63) is 33.9 Å². The number of ether oxygens (including phenoxy) is 1. The molecule has 0 radical (unpaired) electrons. The molecule has 1 aromatic carbocycles. The van der Waals surface area contributed by atoms with E-state index in [1.165, 1.54) is 12.1 Å². The SMILES string of the molecule is Cl.O=[N+]([O-])c1ccc2c(c1)OCCNC2. The summed E-state index contributed by atoms with van der Waals surface area (Å²) >= 11 is 0. The highest BCUT2D eigenvalue weighted by Crippen LogP contribution is 2.25. The van der Waals surface area contributed by atoms with Crippen LogP contribution in [-0.2, 0) is 6.54 Å². The first kappa shape index (κ1) is 11.7. The Labute approximate surface area is 93.0 Å². The van der Waals surface area contributed by atoms with E-state index in [1.54, 1.807) is 6.07 Å². The van der Waals surface area contributed by atoms with Crippen LogP contribution in [0.1, 0.15) is 5.56 Å². The van der Waals surface area contributed by atoms with Crippen molar-refractivity contribution < 1.29 is 9.66 Å². The van der Waals surface area contributed by atoms with Crippen molar-refractivity contribution in [1.29, 1.82) is 0 Å². The van der Waals surface area contributed by atoms with Crippen LogP contribution in [0.25, 0.3) is 0 Å². The third-order valence-electron chi connectivity index (χ3n) is 2.11. The number of hydrogen-bond donors (Lipinski definition) is 1. The van der Waals surface area contributed by atoms with Crippen LogP contribution < -0.4 is 10.1 Å². The van der Waals surface area contributed by atoms with Crippen molar-refractivity contribution in [2.45, 2.75) is 6.54 Å². The predicted molar refractivity (Wildman–Crippen MR) is 57.5 cm³/mol. The summed E-state index contributed by atoms with van der Waals surface area (Å²) in [6.07, 6.45) is 0. The molecule has 1 heterocycles. The number of nitro benzene ring substituents is 1. The van der Waals surface area contributed by atoms with Gasteiger partial charge in [0.25, 0.3) is 5.69 Å². The molecule has 15 heavy (non-hydrogen) atoms. The molecule has 0 saturated heterocycles. The summed E-state index contributed by atoms with van der Waals surface area (Å²) in [5, 5.41) is 13.7. The molecule has 6 heteroatoms. The molecule has 0 fully saturated rings. The summed E-state index contributed by atoms with van der Waals surface area (Å²) in [6, 6.07) is 4.70. The molecular weight excluding hydrogens is 220 g/mol. The zero-order valence-corrected chi connectivity index (χ0v) is 8.75. The number of benzene rings is 1. The van der Waals surface area contributed by atoms with Crippen LogP contribution in [0.2, 0.25) is 0 Å². The van der Waals surface area contributed by atoms with Crippen molar-refractivity contribution in [3.8, 4) is 5.75 Å². The first-order chi connectivity index (χ1) is 6.77. The number of fused-ring (bicyclic) bond motifs is 1. The van der Waals surface area contributed by atoms with Crippen LogP contribution >= 0.6 is 12.4 Å². The van der Waals surface area contributed by atoms with Crippen molar-refractivity contribution in [2.75, 3.05) is 13.2 Å². The molecule has 0 spiro atoms. The van der Waals surface area contributed by atoms with Crippen molar-refractivity contribution in [3.63, 3.8) is 0 Å². The molecule has 1 aliphatic rings. The predicted octanol–water partition coefficient (Wildman–Crippen LogP) is 1.50. The van der Waals surface area contributed by atoms with Crippen LogP contribution in [0.3, 0.4) is 0 Å². The molecule has 0 atom stereocenters. The second-order valence-corrected chi connectivity index (χ2v) is 3.07. The van der Waals surface area contributed by atoms with Crippen LogP contribution in [0.15, 0.2) is 18.2 Å². The monoisotopic (exact) mass is 230 g/mol. The summed E-state index contributed by atoms with van der Waals surface area (Å²) in [5.41, 5.74) is 1.04. The van der Waals surface area contributed by atoms with Gasteiger partial charge < -0.3 is 10.1 Å². The van der Waals surface area contributed by atoms with Gasteiger partial charge in [-0.2, -0.15) is 0 Å². The summed E-state index contributed by atoms with van der Waals surface area (Å²) in [4.78, 5) is 10.1. The summed E-state index contributed by atoms with van der Waals surface area (Å²) < 4.78 is 5.37. The Morgan fingerprint density at radius 1 is 1.47 bits per heavy atom. The van der Waals surface area contributed by atoms with Crippen LogP contribution in [0.4, 0.5) is 5.69 Å². The fraction of sp³-hybridized carbons (Fsp3) is 0.333. The highest BCUT2D eigenvalue weighted by molar-refractivity contribution is 5.85. The van der Waals surface area contributed by atoms with Crippen molar-refractivity contribution in [1.82, 2.24) is 5.32 Å². The highest BCUT2D eigenvalue weighted by atomic mass is 35.5. The normalized spacial score (nSPS) is 14.1. The standard InChI is InChI=1S/C9H10N2O3.ClH/c12-11(13)8-2-1-7-6-10-3-4-14-9(7)5-8;/h1-2,5,10H,3-4,6H2;1H. The molecule has 82 valence electrons. The molecule has 1 aromatic rings. The van der Waals surface area contributed by atoms with Gasteiger partial charge in [-0.1, -0.05) is 0 Å². The average molecular weight is 231 g/mol. The lowest BCUT2D eigenvalue weighted by Gasteiger charge is -2.04. The van der Waals surface area contributed by atoms with E-state index in [-0.39, 0.29) is 18.1 Å². The van der Waals surface area contributed by atoms with Gasteiger partial charge in [-0.25, -0.2) is 0 Å². The fourth-order valence-corrected chi connectivity index (χ4v) is 1.39. The maximum Gasteiger partial charge on any atom is 0.273 e. The first-order valence-electron chi connectivity index (χ1n) is 4.38. The Kier molecular flexibility index (Phi) is 3.88. The Morgan fingerprint density at radius 3 is 3.00 bits per heavy atom. The molecule has 0 saturated carbocycles. The highest BCUT2D eigenvalue weighted by Gasteiger charge is 2.13. The lowest BCUT2D eigenvalue weighted by Crippen LogP contribution is -2.16. The number of nitro groups is 1. The summed E-state index contributed by atoms with van der Waals surface area (Å²) in [7, 11) is 0. The van der Waals surface area contributed by atoms with Crippen LogP contribution in [0.5, 0.6) is 5.75 Å². The average Bonchev–Trinajstić information content (AvgIpc) is 2.41. The Hall–Kier alpha value is -1.33. The molecule has 5 nitrogen and oxygen atoms in total. The minimum Gasteiger partial charge on any atom is -0.492 e. The zero-order valence-electron chi connectivity index (χ0n) is 7.93. The summed E-state index contributed by atoms with van der Waals surface area (Å²) in [5.74, 6) is 0.615. The largest absolute Gasteiger partial charge is 0.492 e. The number of hydrogen-bond acceptors (Lipinski definition) is 4. The Morgan fingerprint density at radius 2 is 2.27 bits per heavy atom. The van der Waals surface area contributed by atoms with E-state index < -0.39 is 4.92 Å². The summed E-state index contributed by atoms with van der Waals surface area (Å²) in [6.45, 7) is 2.02. The number of halogens is 1. The van der Waals surface area contributed by atoms with Gasteiger partial charge in [-0.3, -0.25) is 10.1 Å². The third-order valence-corrected chi connectivity index (χ3v) is 2.11. The molecule has 0 bridgehead atoms. The number of nitrogens with one attached hydrogen (secondary N) is 1. The minimum atomic E-state index is -0.415. The van der Waals surface area contributed by atoms with E-state index in [1.807, 2.05) is 0 Å². The quantitative estimate of drug-likeness (QED) is 0.587. The lowest BCUT2D eigenvalue weighted by molar-refractivity contribution is -0.384. The van der Waals surface area contributed by atoms with Crippen molar-refractivity contribution in [2.24, 2.45) is 0 Å². The van der Waals surface area contributed by atoms with Gasteiger partial charge in [0.2, 0.25) is 0 Å². The molecular formula is C9H11ClN2O3. The second kappa shape index (κ2) is 4.95. The smallest absolute Gasteiger partial charge is 0.273 e. The van der Waals surface area contributed by atoms with Gasteiger partial charge in [-0.15, -0.1) is 12.4 Å². The van der Waals surface area contributed by atoms with Crippen molar-refractivity contribution >= 4 is 18.1 Å². The van der Waals surface area contributed by atoms with Crippen LogP contribution in [-0.4, -0.2) is 18.1 Å². The maximum atomic E-state index is 10.5. The second-order valence-electron chi connectivity index (χ2n) is 3.07. The fourth-order valence-electron chi connectivity index (χ4n) is 1.39. The number of rotatable bonds is 1. The van der Waals surface area contributed by atoms with Gasteiger partial charge in [0.15, 0.2) is 0 Å². The van der Waals surface area contributed by atoms with E-state index in [4.69, 9.17) is 4.74 Å². The molecule has 1 N–H and O–H groups in total. The minimum absolute atomic E-state index is 0. The molecule has 1 aliphatic heterocycles. The van der Waals surface area contributed by atoms with Gasteiger partial charge in [0, 0.05) is 24.7 Å². The van der Waals surface area contributed by atoms with E-state index in [0.29, 0.717) is 18.9 Å². The van der Waals surface area contributed by atoms with E-state index in [9.17, 15) is 10.1 Å². The van der Waals surface area contributed by atoms with E-state index in [0.717, 1.165) is 12.1 Å². The molecule has 0 amide bonds. The zero-order chi connectivity index (χ0) is 9.97. The molecule has 0 aromatic heterocycles. The third kappa shape index (κ3) is 2.57. The Balaban J connectivity index is 0.00000112. The van der Waals surface area contributed by atoms with Gasteiger partial charge in [0.1, 0.15) is 12.4 Å². The van der Waals surface area contributed by atoms with Gasteiger partial charge in [-0.05, 0) is 6.07 Å². The molecule has 2 rings (SSSR count). The van der Waals surface area contributed by atoms with Gasteiger partial charge in [0.05, 0.1) is 11.0 Å². The molecule has 0 aliphatic carbocycles. The molecule has 0 unspecified atom stereocenters. The number of nitrogens with zero attached hydrogens (tertiary/aromatic N) is 1. The maximum absolute atomic E-state index is 10.5. The van der Waals surface area contributed by atoms with E-state index >= 15 is 0 Å². The number of non-ortho nitro benzene ring substituents is 1. The first-order valence-corrected chi connectivity index (χ1v) is 4.38. The van der Waals surface area contributed by atoms with E-state index in [2.05, 4.69) is 5.32 Å². The van der Waals surface area contributed by atoms with Crippen LogP contribution in [0, 0.1) is 10.1 Å². The Bertz CT molecular complexity index is 370. The van der Waals surface area contributed by atoms with Gasteiger partial charge >= 0.3 is 0 Å². The lowest BCUT2D eigenvalue weighted by atomic mass is 10.2. The topological polar surface area (TPSA) is 64.4 Å².